The van der Waals surface area contributed by atoms with Crippen LogP contribution in [0.2, 0.25) is 0 Å². The van der Waals surface area contributed by atoms with Crippen molar-refractivity contribution in [2.24, 2.45) is 5.11 Å². The fraction of sp³-hybridized carbons (Fsp3) is 0.750. The van der Waals surface area contributed by atoms with Crippen molar-refractivity contribution in [1.82, 2.24) is 15.1 Å². The lowest BCUT2D eigenvalue weighted by Gasteiger charge is -2.20. The maximum absolute atomic E-state index is 12.3. The molecule has 1 N–H and O–H groups in total. The van der Waals surface area contributed by atoms with E-state index >= 15 is 0 Å². The zero-order valence-electron chi connectivity index (χ0n) is 19.8. The maximum atomic E-state index is 12.3. The van der Waals surface area contributed by atoms with Gasteiger partial charge in [0.25, 0.3) is 0 Å². The van der Waals surface area contributed by atoms with Crippen molar-refractivity contribution in [3.63, 3.8) is 0 Å². The molecule has 2 heterocycles. The summed E-state index contributed by atoms with van der Waals surface area (Å²) >= 11 is 13.3. The summed E-state index contributed by atoms with van der Waals surface area (Å²) in [5, 5.41) is 6.18. The summed E-state index contributed by atoms with van der Waals surface area (Å²) in [7, 11) is 0. The Labute approximate surface area is 229 Å². The van der Waals surface area contributed by atoms with E-state index in [1.54, 1.807) is 9.80 Å². The standard InChI is InChI=1S/C20H30N6O6S4/c21-24-22-4-10-30-7-1-16(27)23-15(13-31-8-2-17(28)25-5-11-35-19(25)33)14-32-9-3-18(29)26-6-12-36-20(26)34/h15H,1-14H2,(H,23,27). The fourth-order valence-corrected chi connectivity index (χ4v) is 5.61. The third kappa shape index (κ3) is 11.7. The van der Waals surface area contributed by atoms with E-state index < -0.39 is 6.04 Å². The summed E-state index contributed by atoms with van der Waals surface area (Å²) in [6.07, 6.45) is 0.477. The zero-order valence-corrected chi connectivity index (χ0v) is 23.1. The number of azide groups is 1. The molecule has 0 aromatic carbocycles. The average molecular weight is 579 g/mol. The molecule has 0 unspecified atom stereocenters. The molecule has 0 radical (unpaired) electrons. The summed E-state index contributed by atoms with van der Waals surface area (Å²) in [5.74, 6) is 1.17. The lowest BCUT2D eigenvalue weighted by molar-refractivity contribution is -0.129. The normalized spacial score (nSPS) is 15.5. The predicted molar refractivity (Wildman–Crippen MR) is 146 cm³/mol. The van der Waals surface area contributed by atoms with Gasteiger partial charge in [0, 0.05) is 42.5 Å². The molecule has 2 aliphatic heterocycles. The summed E-state index contributed by atoms with van der Waals surface area (Å²) < 4.78 is 17.7. The summed E-state index contributed by atoms with van der Waals surface area (Å²) in [5.41, 5.74) is 8.24. The van der Waals surface area contributed by atoms with Gasteiger partial charge >= 0.3 is 0 Å². The Balaban J connectivity index is 1.72. The zero-order chi connectivity index (χ0) is 26.2. The number of hydrogen-bond donors (Lipinski definition) is 1. The molecule has 36 heavy (non-hydrogen) atoms. The van der Waals surface area contributed by atoms with Gasteiger partial charge in [0.15, 0.2) is 0 Å². The predicted octanol–water partition coefficient (Wildman–Crippen LogP) is 1.72. The van der Waals surface area contributed by atoms with Crippen molar-refractivity contribution >= 4 is 74.3 Å². The van der Waals surface area contributed by atoms with Gasteiger partial charge in [-0.25, -0.2) is 0 Å². The number of thioether (sulfide) groups is 2. The molecule has 2 fully saturated rings. The highest BCUT2D eigenvalue weighted by Gasteiger charge is 2.25. The van der Waals surface area contributed by atoms with Crippen molar-refractivity contribution in [1.29, 1.82) is 0 Å². The Kier molecular flexibility index (Phi) is 15.2. The quantitative estimate of drug-likeness (QED) is 0.0890. The van der Waals surface area contributed by atoms with Gasteiger partial charge < -0.3 is 19.5 Å². The van der Waals surface area contributed by atoms with Crippen LogP contribution in [0, 0.1) is 0 Å². The Bertz CT molecular complexity index is 798. The highest BCUT2D eigenvalue weighted by molar-refractivity contribution is 8.23. The second-order valence-corrected chi connectivity index (χ2v) is 11.0. The van der Waals surface area contributed by atoms with E-state index in [1.165, 1.54) is 23.5 Å². The molecular weight excluding hydrogens is 549 g/mol. The number of rotatable bonds is 17. The first-order valence-corrected chi connectivity index (χ1v) is 14.2. The SMILES string of the molecule is [N-]=[N+]=NCCOCCC(=O)NC(COCCC(=O)N1CCSC1=S)COCCC(=O)N1CCSC1=S. The summed E-state index contributed by atoms with van der Waals surface area (Å²) in [4.78, 5) is 42.6. The van der Waals surface area contributed by atoms with Crippen molar-refractivity contribution < 1.29 is 28.6 Å². The number of hydrogen-bond acceptors (Lipinski definition) is 11. The molecule has 0 atom stereocenters. The molecule has 12 nitrogen and oxygen atoms in total. The fourth-order valence-electron chi connectivity index (χ4n) is 3.13. The number of carbonyl (C=O) groups is 3. The van der Waals surface area contributed by atoms with Gasteiger partial charge in [0.1, 0.15) is 8.64 Å². The number of ether oxygens (including phenoxy) is 3. The Hall–Kier alpha value is -1.52. The van der Waals surface area contributed by atoms with Crippen LogP contribution in [0.1, 0.15) is 19.3 Å². The Morgan fingerprint density at radius 1 is 0.917 bits per heavy atom. The third-order valence-corrected chi connectivity index (χ3v) is 7.78. The largest absolute Gasteiger partial charge is 0.381 e. The molecule has 16 heteroatoms. The molecule has 2 saturated heterocycles. The Morgan fingerprint density at radius 2 is 1.44 bits per heavy atom. The van der Waals surface area contributed by atoms with Gasteiger partial charge in [0.05, 0.1) is 58.5 Å². The molecule has 0 aliphatic carbocycles. The molecular formula is C20H30N6O6S4. The molecule has 0 aromatic rings. The molecule has 0 aromatic heterocycles. The van der Waals surface area contributed by atoms with E-state index in [1.807, 2.05) is 0 Å². The van der Waals surface area contributed by atoms with E-state index in [2.05, 4.69) is 15.3 Å². The monoisotopic (exact) mass is 578 g/mol. The molecule has 3 amide bonds. The van der Waals surface area contributed by atoms with Crippen LogP contribution in [0.3, 0.4) is 0 Å². The lowest BCUT2D eigenvalue weighted by atomic mass is 10.3. The van der Waals surface area contributed by atoms with Crippen LogP contribution >= 0.6 is 48.0 Å². The molecule has 2 aliphatic rings. The van der Waals surface area contributed by atoms with Gasteiger partial charge in [-0.15, -0.1) is 0 Å². The van der Waals surface area contributed by atoms with Crippen LogP contribution in [0.4, 0.5) is 0 Å². The highest BCUT2D eigenvalue weighted by Crippen LogP contribution is 2.19. The molecule has 0 spiro atoms. The molecule has 200 valence electrons. The summed E-state index contributed by atoms with van der Waals surface area (Å²) in [6.45, 7) is 2.45. The van der Waals surface area contributed by atoms with Crippen molar-refractivity contribution in [3.8, 4) is 0 Å². The van der Waals surface area contributed by atoms with E-state index in [4.69, 9.17) is 44.2 Å². The Morgan fingerprint density at radius 3 is 1.92 bits per heavy atom. The number of nitrogens with one attached hydrogen (secondary N) is 1. The van der Waals surface area contributed by atoms with E-state index in [9.17, 15) is 14.4 Å². The van der Waals surface area contributed by atoms with Crippen LogP contribution in [0.15, 0.2) is 5.11 Å². The van der Waals surface area contributed by atoms with Crippen LogP contribution < -0.4 is 5.32 Å². The van der Waals surface area contributed by atoms with Crippen LogP contribution in [0.5, 0.6) is 0 Å². The van der Waals surface area contributed by atoms with Gasteiger partial charge in [-0.05, 0) is 5.53 Å². The number of amides is 3. The van der Waals surface area contributed by atoms with Crippen molar-refractivity contribution in [2.45, 2.75) is 25.3 Å². The maximum Gasteiger partial charge on any atom is 0.230 e. The minimum atomic E-state index is -0.474. The molecule has 2 rings (SSSR count). The number of thiocarbonyl (C=S) groups is 2. The average Bonchev–Trinajstić information content (AvgIpc) is 3.49. The van der Waals surface area contributed by atoms with Crippen LogP contribution in [-0.4, -0.2) is 113 Å². The smallest absolute Gasteiger partial charge is 0.230 e. The van der Waals surface area contributed by atoms with Crippen LogP contribution in [0.25, 0.3) is 10.4 Å². The van der Waals surface area contributed by atoms with Crippen molar-refractivity contribution in [2.75, 3.05) is 70.8 Å². The third-order valence-electron chi connectivity index (χ3n) is 4.92. The summed E-state index contributed by atoms with van der Waals surface area (Å²) in [6, 6.07) is -0.474. The van der Waals surface area contributed by atoms with E-state index in [0.717, 1.165) is 11.5 Å². The number of carbonyl (C=O) groups excluding carboxylic acids is 3. The van der Waals surface area contributed by atoms with E-state index in [0.29, 0.717) is 21.7 Å². The van der Waals surface area contributed by atoms with Crippen LogP contribution in [-0.2, 0) is 28.6 Å². The van der Waals surface area contributed by atoms with Gasteiger partial charge in [-0.2, -0.15) is 0 Å². The van der Waals surface area contributed by atoms with Gasteiger partial charge in [-0.3, -0.25) is 24.2 Å². The first-order valence-electron chi connectivity index (χ1n) is 11.4. The van der Waals surface area contributed by atoms with Gasteiger partial charge in [0.2, 0.25) is 17.7 Å². The topological polar surface area (TPSA) is 146 Å². The van der Waals surface area contributed by atoms with Gasteiger partial charge in [-0.1, -0.05) is 53.1 Å². The lowest BCUT2D eigenvalue weighted by Crippen LogP contribution is -2.42. The number of nitrogens with zero attached hydrogens (tertiary/aromatic N) is 5. The minimum absolute atomic E-state index is 0.0868. The van der Waals surface area contributed by atoms with E-state index in [-0.39, 0.29) is 83.2 Å². The van der Waals surface area contributed by atoms with Crippen molar-refractivity contribution in [3.05, 3.63) is 10.4 Å². The highest BCUT2D eigenvalue weighted by atomic mass is 32.2. The first kappa shape index (κ1) is 30.7. The second-order valence-electron chi connectivity index (χ2n) is 7.55. The second kappa shape index (κ2) is 17.9. The molecule has 0 saturated carbocycles. The molecule has 0 bridgehead atoms. The minimum Gasteiger partial charge on any atom is -0.381 e. The first-order chi connectivity index (χ1) is 17.4.